The van der Waals surface area contributed by atoms with Crippen LogP contribution < -0.4 is 10.2 Å². The van der Waals surface area contributed by atoms with Crippen molar-refractivity contribution in [3.05, 3.63) is 61.6 Å². The molecule has 0 atom stereocenters. The molecule has 2 aromatic rings. The van der Waals surface area contributed by atoms with Crippen LogP contribution >= 0.6 is 27.5 Å². The Bertz CT molecular complexity index is 763. The van der Waals surface area contributed by atoms with Gasteiger partial charge in [0.25, 0.3) is 11.6 Å². The number of nitrogens with one attached hydrogen (secondary N) is 1. The summed E-state index contributed by atoms with van der Waals surface area (Å²) in [4.78, 5) is 24.4. The molecule has 2 aromatic carbocycles. The van der Waals surface area contributed by atoms with E-state index in [9.17, 15) is 14.9 Å². The maximum Gasteiger partial charge on any atom is 0.294 e. The van der Waals surface area contributed by atoms with Crippen LogP contribution in [-0.4, -0.2) is 24.9 Å². The molecule has 0 spiro atoms. The van der Waals surface area contributed by atoms with Crippen molar-refractivity contribution in [3.63, 3.8) is 0 Å². The summed E-state index contributed by atoms with van der Waals surface area (Å²) in [6.45, 7) is 0. The number of anilines is 2. The fourth-order valence-corrected chi connectivity index (χ4v) is 2.42. The highest BCUT2D eigenvalue weighted by Gasteiger charge is 2.20. The number of benzene rings is 2. The minimum absolute atomic E-state index is 0.104. The van der Waals surface area contributed by atoms with Gasteiger partial charge in [0.15, 0.2) is 0 Å². The number of carbonyl (C=O) groups excluding carboxylic acids is 1. The Balaban J connectivity index is 2.36. The molecule has 120 valence electrons. The van der Waals surface area contributed by atoms with E-state index in [0.717, 1.165) is 4.47 Å². The van der Waals surface area contributed by atoms with Gasteiger partial charge in [-0.2, -0.15) is 0 Å². The molecule has 2 rings (SSSR count). The average Bonchev–Trinajstić information content (AvgIpc) is 2.49. The Morgan fingerprint density at radius 1 is 1.26 bits per heavy atom. The summed E-state index contributed by atoms with van der Waals surface area (Å²) in [6.07, 6.45) is 0. The summed E-state index contributed by atoms with van der Waals surface area (Å²) in [7, 11) is 3.35. The second-order valence-corrected chi connectivity index (χ2v) is 6.26. The smallest absolute Gasteiger partial charge is 0.294 e. The van der Waals surface area contributed by atoms with E-state index in [1.54, 1.807) is 43.3 Å². The molecule has 0 bridgehead atoms. The van der Waals surface area contributed by atoms with E-state index >= 15 is 0 Å². The molecule has 1 N–H and O–H groups in total. The van der Waals surface area contributed by atoms with Crippen LogP contribution in [0.25, 0.3) is 0 Å². The Labute approximate surface area is 146 Å². The van der Waals surface area contributed by atoms with Crippen molar-refractivity contribution in [1.82, 2.24) is 0 Å². The standard InChI is InChI=1S/C15H13BrClN3O3/c1-19(2)13-8-12(11(17)7-14(13)20(22)23)18-15(21)9-3-5-10(16)6-4-9/h3-8H,1-2H3,(H,18,21). The number of hydrogen-bond donors (Lipinski definition) is 1. The van der Waals surface area contributed by atoms with E-state index in [1.807, 2.05) is 0 Å². The number of carbonyl (C=O) groups is 1. The quantitative estimate of drug-likeness (QED) is 0.614. The number of amides is 1. The zero-order chi connectivity index (χ0) is 17.1. The number of hydrogen-bond acceptors (Lipinski definition) is 4. The number of nitrogens with zero attached hydrogens (tertiary/aromatic N) is 2. The van der Waals surface area contributed by atoms with E-state index in [2.05, 4.69) is 21.2 Å². The van der Waals surface area contributed by atoms with Crippen molar-refractivity contribution in [2.75, 3.05) is 24.3 Å². The molecule has 0 aliphatic heterocycles. The van der Waals surface area contributed by atoms with Crippen LogP contribution in [0.4, 0.5) is 17.1 Å². The predicted molar refractivity (Wildman–Crippen MR) is 94.5 cm³/mol. The van der Waals surface area contributed by atoms with Crippen LogP contribution in [0, 0.1) is 10.1 Å². The Morgan fingerprint density at radius 3 is 2.39 bits per heavy atom. The Morgan fingerprint density at radius 2 is 1.87 bits per heavy atom. The second-order valence-electron chi connectivity index (χ2n) is 4.93. The highest BCUT2D eigenvalue weighted by atomic mass is 79.9. The van der Waals surface area contributed by atoms with Crippen molar-refractivity contribution in [2.24, 2.45) is 0 Å². The molecule has 6 nitrogen and oxygen atoms in total. The minimum Gasteiger partial charge on any atom is -0.372 e. The monoisotopic (exact) mass is 397 g/mol. The summed E-state index contributed by atoms with van der Waals surface area (Å²) in [5, 5.41) is 13.9. The van der Waals surface area contributed by atoms with Crippen molar-refractivity contribution in [3.8, 4) is 0 Å². The van der Waals surface area contributed by atoms with Crippen LogP contribution in [0.5, 0.6) is 0 Å². The number of nitro benzene ring substituents is 1. The maximum atomic E-state index is 12.2. The molecular formula is C15H13BrClN3O3. The van der Waals surface area contributed by atoms with Crippen molar-refractivity contribution in [2.45, 2.75) is 0 Å². The van der Waals surface area contributed by atoms with Gasteiger partial charge in [0.05, 0.1) is 15.6 Å². The van der Waals surface area contributed by atoms with Gasteiger partial charge in [-0.3, -0.25) is 14.9 Å². The third-order valence-corrected chi connectivity index (χ3v) is 3.94. The van der Waals surface area contributed by atoms with Gasteiger partial charge in [-0.25, -0.2) is 0 Å². The summed E-state index contributed by atoms with van der Waals surface area (Å²) >= 11 is 9.36. The van der Waals surface area contributed by atoms with Crippen molar-refractivity contribution >= 4 is 50.5 Å². The molecule has 0 saturated carbocycles. The van der Waals surface area contributed by atoms with E-state index in [4.69, 9.17) is 11.6 Å². The van der Waals surface area contributed by atoms with Crippen LogP contribution in [0.2, 0.25) is 5.02 Å². The molecule has 0 fully saturated rings. The molecule has 0 aromatic heterocycles. The topological polar surface area (TPSA) is 75.5 Å². The average molecular weight is 399 g/mol. The van der Waals surface area contributed by atoms with Crippen LogP contribution in [0.15, 0.2) is 40.9 Å². The Hall–Kier alpha value is -2.12. The zero-order valence-corrected chi connectivity index (χ0v) is 14.7. The van der Waals surface area contributed by atoms with Gasteiger partial charge < -0.3 is 10.2 Å². The molecule has 0 aliphatic carbocycles. The van der Waals surface area contributed by atoms with Gasteiger partial charge >= 0.3 is 0 Å². The fourth-order valence-electron chi connectivity index (χ4n) is 1.95. The lowest BCUT2D eigenvalue weighted by molar-refractivity contribution is -0.384. The molecule has 0 unspecified atom stereocenters. The summed E-state index contributed by atoms with van der Waals surface area (Å²) in [6, 6.07) is 9.53. The highest BCUT2D eigenvalue weighted by molar-refractivity contribution is 9.10. The van der Waals surface area contributed by atoms with Gasteiger partial charge in [-0.05, 0) is 30.3 Å². The van der Waals surface area contributed by atoms with Gasteiger partial charge in [-0.1, -0.05) is 27.5 Å². The van der Waals surface area contributed by atoms with E-state index in [-0.39, 0.29) is 16.6 Å². The van der Waals surface area contributed by atoms with Crippen molar-refractivity contribution in [1.29, 1.82) is 0 Å². The zero-order valence-electron chi connectivity index (χ0n) is 12.3. The lowest BCUT2D eigenvalue weighted by atomic mass is 10.2. The van der Waals surface area contributed by atoms with Crippen LogP contribution in [0.3, 0.4) is 0 Å². The number of halogens is 2. The first kappa shape index (κ1) is 17.2. The van der Waals surface area contributed by atoms with E-state index in [0.29, 0.717) is 16.9 Å². The van der Waals surface area contributed by atoms with Gasteiger partial charge in [0, 0.05) is 30.2 Å². The van der Waals surface area contributed by atoms with Crippen LogP contribution in [-0.2, 0) is 0 Å². The van der Waals surface area contributed by atoms with E-state index < -0.39 is 4.92 Å². The Kier molecular flexibility index (Phi) is 5.23. The molecule has 0 heterocycles. The van der Waals surface area contributed by atoms with Crippen molar-refractivity contribution < 1.29 is 9.72 Å². The summed E-state index contributed by atoms with van der Waals surface area (Å²) < 4.78 is 0.859. The second kappa shape index (κ2) is 6.97. The third-order valence-electron chi connectivity index (χ3n) is 3.10. The van der Waals surface area contributed by atoms with Crippen LogP contribution in [0.1, 0.15) is 10.4 Å². The third kappa shape index (κ3) is 4.00. The first-order chi connectivity index (χ1) is 10.8. The summed E-state index contributed by atoms with van der Waals surface area (Å²) in [5.74, 6) is -0.349. The molecular weight excluding hydrogens is 386 g/mol. The maximum absolute atomic E-state index is 12.2. The molecule has 8 heteroatoms. The minimum atomic E-state index is -0.512. The normalized spacial score (nSPS) is 10.3. The van der Waals surface area contributed by atoms with Gasteiger partial charge in [-0.15, -0.1) is 0 Å². The molecule has 0 radical (unpaired) electrons. The summed E-state index contributed by atoms with van der Waals surface area (Å²) in [5.41, 5.74) is 0.995. The molecule has 0 aliphatic rings. The first-order valence-electron chi connectivity index (χ1n) is 6.51. The molecule has 23 heavy (non-hydrogen) atoms. The fraction of sp³-hybridized carbons (Fsp3) is 0.133. The number of nitro groups is 1. The highest BCUT2D eigenvalue weighted by Crippen LogP contribution is 2.36. The van der Waals surface area contributed by atoms with E-state index in [1.165, 1.54) is 12.1 Å². The largest absolute Gasteiger partial charge is 0.372 e. The number of rotatable bonds is 4. The lowest BCUT2D eigenvalue weighted by Gasteiger charge is -2.15. The SMILES string of the molecule is CN(C)c1cc(NC(=O)c2ccc(Br)cc2)c(Cl)cc1[N+](=O)[O-]. The molecule has 0 saturated heterocycles. The van der Waals surface area contributed by atoms with Gasteiger partial charge in [0.2, 0.25) is 0 Å². The first-order valence-corrected chi connectivity index (χ1v) is 7.69. The predicted octanol–water partition coefficient (Wildman–Crippen LogP) is 4.33. The lowest BCUT2D eigenvalue weighted by Crippen LogP contribution is -2.15. The molecule has 1 amide bonds. The van der Waals surface area contributed by atoms with Gasteiger partial charge in [0.1, 0.15) is 5.69 Å².